The van der Waals surface area contributed by atoms with Gasteiger partial charge in [0.1, 0.15) is 17.3 Å². The highest BCUT2D eigenvalue weighted by atomic mass is 32.2. The minimum atomic E-state index is -3.73. The van der Waals surface area contributed by atoms with E-state index in [1.807, 2.05) is 13.8 Å². The number of aliphatic hydroxyl groups excluding tert-OH is 2. The van der Waals surface area contributed by atoms with Crippen LogP contribution in [0.3, 0.4) is 0 Å². The van der Waals surface area contributed by atoms with Gasteiger partial charge in [-0.05, 0) is 73.0 Å². The van der Waals surface area contributed by atoms with Crippen LogP contribution in [0.15, 0.2) is 83.8 Å². The molecule has 0 saturated heterocycles. The third kappa shape index (κ3) is 8.86. The number of aliphatic hydroxyl groups is 2. The second kappa shape index (κ2) is 15.7. The number of nitrogens with one attached hydrogen (secondary N) is 1. The first-order valence-electron chi connectivity index (χ1n) is 15.5. The summed E-state index contributed by atoms with van der Waals surface area (Å²) in [5, 5.41) is 32.7. The average molecular weight is 696 g/mol. The predicted octanol–water partition coefficient (Wildman–Crippen LogP) is 5.46. The van der Waals surface area contributed by atoms with Gasteiger partial charge in [-0.25, -0.2) is 21.5 Å². The van der Waals surface area contributed by atoms with E-state index < -0.39 is 52.2 Å². The molecule has 2 atom stereocenters. The molecular weight excluding hydrogens is 656 g/mol. The Morgan fingerprint density at radius 1 is 0.918 bits per heavy atom. The Labute approximate surface area is 284 Å². The molecule has 0 aliphatic carbocycles. The van der Waals surface area contributed by atoms with Crippen LogP contribution in [0.5, 0.6) is 0 Å². The van der Waals surface area contributed by atoms with Gasteiger partial charge in [0.05, 0.1) is 23.5 Å². The van der Waals surface area contributed by atoms with Crippen molar-refractivity contribution in [3.05, 3.63) is 107 Å². The number of hydrogen-bond acceptors (Lipinski definition) is 6. The molecule has 1 amide bonds. The van der Waals surface area contributed by atoms with Gasteiger partial charge in [-0.3, -0.25) is 9.59 Å². The summed E-state index contributed by atoms with van der Waals surface area (Å²) < 4.78 is 56.5. The van der Waals surface area contributed by atoms with Crippen molar-refractivity contribution in [2.75, 3.05) is 14.1 Å². The summed E-state index contributed by atoms with van der Waals surface area (Å²) in [5.41, 5.74) is 2.95. The third-order valence-electron chi connectivity index (χ3n) is 7.77. The van der Waals surface area contributed by atoms with Crippen LogP contribution in [-0.4, -0.2) is 70.8 Å². The highest BCUT2D eigenvalue weighted by Crippen LogP contribution is 2.42. The van der Waals surface area contributed by atoms with Crippen LogP contribution in [0.2, 0.25) is 0 Å². The van der Waals surface area contributed by atoms with Gasteiger partial charge in [-0.1, -0.05) is 42.5 Å². The van der Waals surface area contributed by atoms with Crippen LogP contribution < -0.4 is 5.32 Å². The fourth-order valence-electron chi connectivity index (χ4n) is 5.47. The van der Waals surface area contributed by atoms with Gasteiger partial charge < -0.3 is 25.2 Å². The number of hydrogen-bond donors (Lipinski definition) is 4. The van der Waals surface area contributed by atoms with Crippen LogP contribution >= 0.6 is 0 Å². The molecule has 0 radical (unpaired) electrons. The first-order valence-corrected chi connectivity index (χ1v) is 16.9. The molecule has 0 fully saturated rings. The monoisotopic (exact) mass is 695 g/mol. The van der Waals surface area contributed by atoms with Gasteiger partial charge in [0.25, 0.3) is 5.91 Å². The molecule has 4 rings (SSSR count). The minimum absolute atomic E-state index is 0.0427. The van der Waals surface area contributed by atoms with Crippen molar-refractivity contribution in [3.8, 4) is 22.3 Å². The van der Waals surface area contributed by atoms with E-state index in [0.717, 1.165) is 4.31 Å². The van der Waals surface area contributed by atoms with Crippen molar-refractivity contribution in [1.29, 1.82) is 0 Å². The van der Waals surface area contributed by atoms with Crippen molar-refractivity contribution in [2.24, 2.45) is 0 Å². The standard InChI is InChI=1S/C36H39F2N3O7S/c1-22(2)41-31(17-16-28(42)19-29(43)20-32(44)45)33(24-8-12-26(37)13-9-24)34(25-10-14-27(38)15-11-25)35(41)36(46)39-21-23-6-5-7-30(18-23)49(47,48)40(3)4/h5-18,22,28-29,42-43H,19-21H2,1-4H3,(H,39,46)(H,44,45)/b17-16+/t28-,29-/m1/s1. The summed E-state index contributed by atoms with van der Waals surface area (Å²) in [6.07, 6.45) is -0.472. The summed E-state index contributed by atoms with van der Waals surface area (Å²) in [4.78, 5) is 25.4. The number of sulfonamides is 1. The SMILES string of the molecule is CC(C)n1c(/C=C/[C@@H](O)C[C@@H](O)CC(=O)O)c(-c2ccc(F)cc2)c(-c2ccc(F)cc2)c1C(=O)NCc1cccc(S(=O)(=O)N(C)C)c1. The Kier molecular flexibility index (Phi) is 11.9. The zero-order chi connectivity index (χ0) is 36.0. The maximum Gasteiger partial charge on any atom is 0.305 e. The number of carboxylic acids is 1. The molecule has 0 bridgehead atoms. The molecule has 1 heterocycles. The lowest BCUT2D eigenvalue weighted by Gasteiger charge is -2.18. The Balaban J connectivity index is 1.90. The number of aromatic nitrogens is 1. The van der Waals surface area contributed by atoms with Crippen LogP contribution in [-0.2, 0) is 21.4 Å². The number of carboxylic acid groups (broad SMARTS) is 1. The van der Waals surface area contributed by atoms with Gasteiger partial charge in [-0.2, -0.15) is 0 Å². The van der Waals surface area contributed by atoms with E-state index in [4.69, 9.17) is 5.11 Å². The van der Waals surface area contributed by atoms with Gasteiger partial charge in [-0.15, -0.1) is 0 Å². The number of rotatable bonds is 14. The van der Waals surface area contributed by atoms with Crippen molar-refractivity contribution in [3.63, 3.8) is 0 Å². The van der Waals surface area contributed by atoms with E-state index in [9.17, 15) is 37.0 Å². The normalized spacial score (nSPS) is 13.3. The summed E-state index contributed by atoms with van der Waals surface area (Å²) >= 11 is 0. The zero-order valence-corrected chi connectivity index (χ0v) is 28.3. The number of amides is 1. The first-order chi connectivity index (χ1) is 23.1. The van der Waals surface area contributed by atoms with Crippen molar-refractivity contribution in [2.45, 2.75) is 56.4 Å². The quantitative estimate of drug-likeness (QED) is 0.137. The maximum absolute atomic E-state index is 14.3. The lowest BCUT2D eigenvalue weighted by Crippen LogP contribution is -2.27. The molecule has 1 aromatic heterocycles. The molecule has 10 nitrogen and oxygen atoms in total. The van der Waals surface area contributed by atoms with Crippen LogP contribution in [0.25, 0.3) is 28.3 Å². The Bertz CT molecular complexity index is 1940. The largest absolute Gasteiger partial charge is 0.481 e. The molecule has 0 unspecified atom stereocenters. The van der Waals surface area contributed by atoms with E-state index in [1.165, 1.54) is 80.8 Å². The summed E-state index contributed by atoms with van der Waals surface area (Å²) in [7, 11) is -0.892. The molecule has 260 valence electrons. The van der Waals surface area contributed by atoms with E-state index in [-0.39, 0.29) is 29.6 Å². The number of aliphatic carboxylic acids is 1. The third-order valence-corrected chi connectivity index (χ3v) is 9.58. The average Bonchev–Trinajstić information content (AvgIpc) is 3.38. The highest BCUT2D eigenvalue weighted by Gasteiger charge is 2.30. The fourth-order valence-corrected chi connectivity index (χ4v) is 6.45. The first kappa shape index (κ1) is 37.1. The summed E-state index contributed by atoms with van der Waals surface area (Å²) in [6, 6.07) is 16.9. The molecule has 0 aliphatic rings. The second-order valence-electron chi connectivity index (χ2n) is 12.0. The second-order valence-corrected chi connectivity index (χ2v) is 14.1. The lowest BCUT2D eigenvalue weighted by molar-refractivity contribution is -0.139. The van der Waals surface area contributed by atoms with Crippen molar-refractivity contribution < 1.29 is 42.1 Å². The van der Waals surface area contributed by atoms with Crippen LogP contribution in [0, 0.1) is 11.6 Å². The maximum atomic E-state index is 14.3. The van der Waals surface area contributed by atoms with Crippen LogP contribution in [0.4, 0.5) is 8.78 Å². The van der Waals surface area contributed by atoms with Crippen LogP contribution in [0.1, 0.15) is 54.5 Å². The predicted molar refractivity (Wildman–Crippen MR) is 182 cm³/mol. The number of halogens is 2. The Hall–Kier alpha value is -4.69. The van der Waals surface area contributed by atoms with Gasteiger partial charge in [0.15, 0.2) is 0 Å². The number of benzene rings is 3. The number of nitrogens with zero attached hydrogens (tertiary/aromatic N) is 2. The van der Waals surface area contributed by atoms with E-state index >= 15 is 0 Å². The molecule has 13 heteroatoms. The van der Waals surface area contributed by atoms with Crippen molar-refractivity contribution >= 4 is 28.0 Å². The summed E-state index contributed by atoms with van der Waals surface area (Å²) in [6.45, 7) is 3.62. The van der Waals surface area contributed by atoms with E-state index in [1.54, 1.807) is 22.8 Å². The Morgan fingerprint density at radius 2 is 1.49 bits per heavy atom. The molecule has 4 aromatic rings. The number of carbonyl (C=O) groups excluding carboxylic acids is 1. The smallest absolute Gasteiger partial charge is 0.305 e. The fraction of sp³-hybridized carbons (Fsp3) is 0.278. The van der Waals surface area contributed by atoms with E-state index in [0.29, 0.717) is 33.5 Å². The van der Waals surface area contributed by atoms with Gasteiger partial charge in [0, 0.05) is 49.9 Å². The van der Waals surface area contributed by atoms with Gasteiger partial charge >= 0.3 is 5.97 Å². The number of carbonyl (C=O) groups is 2. The molecular formula is C36H39F2N3O7S. The topological polar surface area (TPSA) is 149 Å². The molecule has 49 heavy (non-hydrogen) atoms. The molecule has 4 N–H and O–H groups in total. The molecule has 3 aromatic carbocycles. The molecule has 0 aliphatic heterocycles. The summed E-state index contributed by atoms with van der Waals surface area (Å²) in [5.74, 6) is -2.76. The molecule has 0 spiro atoms. The van der Waals surface area contributed by atoms with E-state index in [2.05, 4.69) is 5.32 Å². The van der Waals surface area contributed by atoms with Crippen molar-refractivity contribution in [1.82, 2.24) is 14.2 Å². The van der Waals surface area contributed by atoms with Gasteiger partial charge in [0.2, 0.25) is 10.0 Å². The minimum Gasteiger partial charge on any atom is -0.481 e. The zero-order valence-electron chi connectivity index (χ0n) is 27.5. The Morgan fingerprint density at radius 3 is 2.02 bits per heavy atom. The highest BCUT2D eigenvalue weighted by molar-refractivity contribution is 7.89. The molecule has 0 saturated carbocycles. The lowest BCUT2D eigenvalue weighted by atomic mass is 9.94.